The highest BCUT2D eigenvalue weighted by Gasteiger charge is 2.29. The second-order valence-corrected chi connectivity index (χ2v) is 7.42. The fourth-order valence-electron chi connectivity index (χ4n) is 2.14. The Labute approximate surface area is 135 Å². The van der Waals surface area contributed by atoms with Crippen LogP contribution in [0.5, 0.6) is 5.75 Å². The molecule has 1 aromatic rings. The van der Waals surface area contributed by atoms with Crippen molar-refractivity contribution in [3.05, 3.63) is 23.8 Å². The van der Waals surface area contributed by atoms with Crippen molar-refractivity contribution in [2.45, 2.75) is 33.3 Å². The summed E-state index contributed by atoms with van der Waals surface area (Å²) in [7, 11) is -3.73. The molecule has 0 unspecified atom stereocenters. The standard InChI is InChI=1S/C15H20N2O5S/c1-4-9(2)8-23(20,21)17-15(19)11-6-5-7-12-13(11)22-10(3)14(18)16-12/h5-7,9-10H,4,8H2,1-3H3,(H,16,18)(H,17,19)/t9-,10-/m1/s1. The number of sulfonamides is 1. The Kier molecular flexibility index (Phi) is 4.93. The van der Waals surface area contributed by atoms with Gasteiger partial charge in [-0.15, -0.1) is 0 Å². The lowest BCUT2D eigenvalue weighted by molar-refractivity contribution is -0.122. The van der Waals surface area contributed by atoms with Crippen LogP contribution < -0.4 is 14.8 Å². The molecule has 1 aromatic carbocycles. The van der Waals surface area contributed by atoms with E-state index >= 15 is 0 Å². The van der Waals surface area contributed by atoms with Crippen LogP contribution in [-0.2, 0) is 14.8 Å². The summed E-state index contributed by atoms with van der Waals surface area (Å²) in [6.45, 7) is 5.23. The van der Waals surface area contributed by atoms with Gasteiger partial charge in [0.05, 0.1) is 17.0 Å². The molecule has 0 saturated carbocycles. The predicted molar refractivity (Wildman–Crippen MR) is 85.9 cm³/mol. The van der Waals surface area contributed by atoms with E-state index in [1.165, 1.54) is 6.07 Å². The highest BCUT2D eigenvalue weighted by molar-refractivity contribution is 7.90. The highest BCUT2D eigenvalue weighted by atomic mass is 32.2. The van der Waals surface area contributed by atoms with E-state index in [4.69, 9.17) is 4.74 Å². The Balaban J connectivity index is 2.24. The minimum Gasteiger partial charge on any atom is -0.478 e. The number of anilines is 1. The number of benzene rings is 1. The molecule has 2 atom stereocenters. The molecule has 2 amide bonds. The molecule has 1 aliphatic rings. The maximum atomic E-state index is 12.3. The van der Waals surface area contributed by atoms with E-state index in [9.17, 15) is 18.0 Å². The van der Waals surface area contributed by atoms with Crippen LogP contribution in [0.15, 0.2) is 18.2 Å². The van der Waals surface area contributed by atoms with Gasteiger partial charge < -0.3 is 10.1 Å². The number of ether oxygens (including phenoxy) is 1. The molecular weight excluding hydrogens is 320 g/mol. The maximum absolute atomic E-state index is 12.3. The summed E-state index contributed by atoms with van der Waals surface area (Å²) in [4.78, 5) is 23.9. The summed E-state index contributed by atoms with van der Waals surface area (Å²) < 4.78 is 31.6. The van der Waals surface area contributed by atoms with E-state index in [1.54, 1.807) is 26.0 Å². The lowest BCUT2D eigenvalue weighted by Crippen LogP contribution is -2.37. The van der Waals surface area contributed by atoms with Crippen LogP contribution >= 0.6 is 0 Å². The first-order valence-corrected chi connectivity index (χ1v) is 9.04. The second kappa shape index (κ2) is 6.57. The molecule has 0 bridgehead atoms. The van der Waals surface area contributed by atoms with Crippen LogP contribution in [0, 0.1) is 5.92 Å². The first kappa shape index (κ1) is 17.3. The molecule has 0 spiro atoms. The minimum atomic E-state index is -3.73. The molecule has 0 aliphatic carbocycles. The normalized spacial score (nSPS) is 18.4. The number of carbonyl (C=O) groups excluding carboxylic acids is 2. The van der Waals surface area contributed by atoms with Gasteiger partial charge in [0.2, 0.25) is 10.0 Å². The summed E-state index contributed by atoms with van der Waals surface area (Å²) >= 11 is 0. The van der Waals surface area contributed by atoms with E-state index < -0.39 is 22.0 Å². The molecule has 0 saturated heterocycles. The molecule has 1 aliphatic heterocycles. The van der Waals surface area contributed by atoms with Crippen molar-refractivity contribution in [3.8, 4) is 5.75 Å². The molecule has 2 rings (SSSR count). The monoisotopic (exact) mass is 340 g/mol. The second-order valence-electron chi connectivity index (χ2n) is 5.66. The number of carbonyl (C=O) groups is 2. The smallest absolute Gasteiger partial charge is 0.268 e. The Morgan fingerprint density at radius 3 is 2.78 bits per heavy atom. The van der Waals surface area contributed by atoms with E-state index in [0.29, 0.717) is 12.1 Å². The zero-order chi connectivity index (χ0) is 17.2. The van der Waals surface area contributed by atoms with Crippen LogP contribution in [0.25, 0.3) is 0 Å². The largest absolute Gasteiger partial charge is 0.478 e. The topological polar surface area (TPSA) is 102 Å². The number of hydrogen-bond acceptors (Lipinski definition) is 5. The van der Waals surface area contributed by atoms with Crippen molar-refractivity contribution in [2.75, 3.05) is 11.1 Å². The van der Waals surface area contributed by atoms with E-state index in [0.717, 1.165) is 0 Å². The molecule has 0 fully saturated rings. The predicted octanol–water partition coefficient (Wildman–Crippen LogP) is 1.51. The first-order chi connectivity index (χ1) is 10.7. The highest BCUT2D eigenvalue weighted by Crippen LogP contribution is 2.33. The van der Waals surface area contributed by atoms with Crippen LogP contribution in [0.1, 0.15) is 37.6 Å². The Morgan fingerprint density at radius 1 is 1.43 bits per heavy atom. The van der Waals surface area contributed by atoms with Crippen LogP contribution in [0.3, 0.4) is 0 Å². The summed E-state index contributed by atoms with van der Waals surface area (Å²) in [6, 6.07) is 4.59. The van der Waals surface area contributed by atoms with Gasteiger partial charge >= 0.3 is 0 Å². The average molecular weight is 340 g/mol. The third-order valence-electron chi connectivity index (χ3n) is 3.63. The first-order valence-electron chi connectivity index (χ1n) is 7.39. The lowest BCUT2D eigenvalue weighted by Gasteiger charge is -2.25. The Morgan fingerprint density at radius 2 is 2.13 bits per heavy atom. The maximum Gasteiger partial charge on any atom is 0.268 e. The van der Waals surface area contributed by atoms with Gasteiger partial charge in [-0.05, 0) is 25.0 Å². The minimum absolute atomic E-state index is 0.0550. The van der Waals surface area contributed by atoms with Crippen molar-refractivity contribution >= 4 is 27.5 Å². The van der Waals surface area contributed by atoms with E-state index in [-0.39, 0.29) is 28.9 Å². The number of amides is 2. The summed E-state index contributed by atoms with van der Waals surface area (Å²) in [5, 5.41) is 2.62. The van der Waals surface area contributed by atoms with Crippen molar-refractivity contribution in [1.82, 2.24) is 4.72 Å². The van der Waals surface area contributed by atoms with E-state index in [1.807, 2.05) is 6.92 Å². The molecule has 7 nitrogen and oxygen atoms in total. The van der Waals surface area contributed by atoms with Gasteiger partial charge in [0, 0.05) is 0 Å². The number of para-hydroxylation sites is 1. The number of rotatable bonds is 5. The molecular formula is C15H20N2O5S. The van der Waals surface area contributed by atoms with Crippen LogP contribution in [0.2, 0.25) is 0 Å². The number of nitrogens with one attached hydrogen (secondary N) is 2. The van der Waals surface area contributed by atoms with Crippen molar-refractivity contribution in [3.63, 3.8) is 0 Å². The van der Waals surface area contributed by atoms with Gasteiger partial charge in [-0.2, -0.15) is 0 Å². The van der Waals surface area contributed by atoms with Gasteiger partial charge in [0.25, 0.3) is 11.8 Å². The zero-order valence-electron chi connectivity index (χ0n) is 13.3. The van der Waals surface area contributed by atoms with Gasteiger partial charge in [0.1, 0.15) is 0 Å². The fourth-order valence-corrected chi connectivity index (χ4v) is 3.60. The SMILES string of the molecule is CC[C@@H](C)CS(=O)(=O)NC(=O)c1cccc2c1O[C@H](C)C(=O)N2. The van der Waals surface area contributed by atoms with Gasteiger partial charge in [-0.1, -0.05) is 26.3 Å². The third-order valence-corrected chi connectivity index (χ3v) is 5.13. The van der Waals surface area contributed by atoms with Crippen LogP contribution in [-0.4, -0.2) is 32.1 Å². The third kappa shape index (κ3) is 4.01. The number of hydrogen-bond donors (Lipinski definition) is 2. The van der Waals surface area contributed by atoms with Crippen molar-refractivity contribution in [2.24, 2.45) is 5.92 Å². The summed E-state index contributed by atoms with van der Waals surface area (Å²) in [5.41, 5.74) is 0.419. The fraction of sp³-hybridized carbons (Fsp3) is 0.467. The van der Waals surface area contributed by atoms with Crippen LogP contribution in [0.4, 0.5) is 5.69 Å². The van der Waals surface area contributed by atoms with Crippen molar-refractivity contribution < 1.29 is 22.7 Å². The Bertz CT molecular complexity index is 729. The van der Waals surface area contributed by atoms with Gasteiger partial charge in [0.15, 0.2) is 11.9 Å². The molecule has 0 radical (unpaired) electrons. The molecule has 23 heavy (non-hydrogen) atoms. The van der Waals surface area contributed by atoms with Gasteiger partial charge in [-0.3, -0.25) is 9.59 Å². The molecule has 2 N–H and O–H groups in total. The molecule has 126 valence electrons. The average Bonchev–Trinajstić information content (AvgIpc) is 2.46. The Hall–Kier alpha value is -2.09. The molecule has 8 heteroatoms. The van der Waals surface area contributed by atoms with Gasteiger partial charge in [-0.25, -0.2) is 13.1 Å². The molecule has 0 aromatic heterocycles. The summed E-state index contributed by atoms with van der Waals surface area (Å²) in [6.07, 6.45) is -0.0594. The summed E-state index contributed by atoms with van der Waals surface area (Å²) in [5.74, 6) is -1.09. The lowest BCUT2D eigenvalue weighted by atomic mass is 10.1. The van der Waals surface area contributed by atoms with Crippen molar-refractivity contribution in [1.29, 1.82) is 0 Å². The zero-order valence-corrected chi connectivity index (χ0v) is 14.1. The molecule has 1 heterocycles. The van der Waals surface area contributed by atoms with E-state index in [2.05, 4.69) is 10.0 Å². The number of fused-ring (bicyclic) bond motifs is 1. The quantitative estimate of drug-likeness (QED) is 0.846.